The fourth-order valence-electron chi connectivity index (χ4n) is 3.21. The monoisotopic (exact) mass is 318 g/mol. The Kier molecular flexibility index (Phi) is 5.48. The van der Waals surface area contributed by atoms with Gasteiger partial charge in [0.2, 0.25) is 0 Å². The Labute approximate surface area is 120 Å². The molecule has 2 saturated heterocycles. The van der Waals surface area contributed by atoms with Crippen molar-refractivity contribution < 1.29 is 4.74 Å². The fraction of sp³-hybridized carbons (Fsp3) is 1.00. The van der Waals surface area contributed by atoms with Crippen molar-refractivity contribution in [1.29, 1.82) is 0 Å². The summed E-state index contributed by atoms with van der Waals surface area (Å²) in [5.74, 6) is 0. The summed E-state index contributed by atoms with van der Waals surface area (Å²) in [6.45, 7) is 5.66. The molecule has 0 atom stereocenters. The highest BCUT2D eigenvalue weighted by molar-refractivity contribution is 9.09. The van der Waals surface area contributed by atoms with Crippen LogP contribution in [0.15, 0.2) is 0 Å². The van der Waals surface area contributed by atoms with Gasteiger partial charge in [0.15, 0.2) is 0 Å². The van der Waals surface area contributed by atoms with Crippen molar-refractivity contribution in [3.05, 3.63) is 0 Å². The molecule has 106 valence electrons. The Balaban J connectivity index is 1.82. The first-order chi connectivity index (χ1) is 8.65. The highest BCUT2D eigenvalue weighted by Crippen LogP contribution is 2.34. The lowest BCUT2D eigenvalue weighted by atomic mass is 9.81. The highest BCUT2D eigenvalue weighted by atomic mass is 79.9. The molecule has 0 aliphatic carbocycles. The second-order valence-corrected chi connectivity index (χ2v) is 6.78. The fourth-order valence-corrected chi connectivity index (χ4v) is 3.94. The number of hydrogen-bond acceptors (Lipinski definition) is 3. The lowest BCUT2D eigenvalue weighted by Gasteiger charge is -2.43. The molecule has 3 nitrogen and oxygen atoms in total. The van der Waals surface area contributed by atoms with Crippen LogP contribution in [0.3, 0.4) is 0 Å². The van der Waals surface area contributed by atoms with E-state index >= 15 is 0 Å². The van der Waals surface area contributed by atoms with E-state index in [2.05, 4.69) is 39.8 Å². The van der Waals surface area contributed by atoms with Crippen LogP contribution in [-0.2, 0) is 4.74 Å². The molecule has 0 unspecified atom stereocenters. The molecular formula is C14H27BrN2O. The third-order valence-corrected chi connectivity index (χ3v) is 5.87. The molecule has 0 bridgehead atoms. The second kappa shape index (κ2) is 6.69. The number of rotatable bonds is 4. The van der Waals surface area contributed by atoms with Gasteiger partial charge in [0, 0.05) is 31.1 Å². The van der Waals surface area contributed by atoms with Crippen molar-refractivity contribution in [1.82, 2.24) is 9.80 Å². The van der Waals surface area contributed by atoms with Crippen LogP contribution in [0, 0.1) is 5.41 Å². The van der Waals surface area contributed by atoms with Gasteiger partial charge in [0.05, 0.1) is 0 Å². The lowest BCUT2D eigenvalue weighted by molar-refractivity contribution is 0.00138. The van der Waals surface area contributed by atoms with Gasteiger partial charge in [-0.3, -0.25) is 0 Å². The Morgan fingerprint density at radius 1 is 1.22 bits per heavy atom. The van der Waals surface area contributed by atoms with Gasteiger partial charge in [0.1, 0.15) is 0 Å². The maximum atomic E-state index is 5.52. The van der Waals surface area contributed by atoms with Crippen LogP contribution in [0.2, 0.25) is 0 Å². The molecule has 0 aromatic rings. The highest BCUT2D eigenvalue weighted by Gasteiger charge is 2.34. The standard InChI is InChI=1S/C14H27BrN2O/c1-16(2)13-3-7-17(8-4-13)12-14(11-15)5-9-18-10-6-14/h13H,3-12H2,1-2H3. The van der Waals surface area contributed by atoms with Crippen molar-refractivity contribution in [3.63, 3.8) is 0 Å². The second-order valence-electron chi connectivity index (χ2n) is 6.22. The molecule has 2 heterocycles. The molecule has 0 radical (unpaired) electrons. The predicted octanol–water partition coefficient (Wildman–Crippen LogP) is 2.20. The van der Waals surface area contributed by atoms with Gasteiger partial charge < -0.3 is 14.5 Å². The van der Waals surface area contributed by atoms with Gasteiger partial charge in [-0.15, -0.1) is 0 Å². The van der Waals surface area contributed by atoms with E-state index in [1.165, 1.54) is 45.3 Å². The minimum Gasteiger partial charge on any atom is -0.381 e. The zero-order valence-electron chi connectivity index (χ0n) is 11.8. The molecule has 2 aliphatic rings. The molecule has 0 spiro atoms. The number of piperidine rings is 1. The topological polar surface area (TPSA) is 15.7 Å². The van der Waals surface area contributed by atoms with Crippen molar-refractivity contribution in [3.8, 4) is 0 Å². The maximum Gasteiger partial charge on any atom is 0.0472 e. The summed E-state index contributed by atoms with van der Waals surface area (Å²) in [5, 5.41) is 1.12. The van der Waals surface area contributed by atoms with E-state index in [1.54, 1.807) is 0 Å². The minimum absolute atomic E-state index is 0.462. The van der Waals surface area contributed by atoms with E-state index in [-0.39, 0.29) is 0 Å². The quantitative estimate of drug-likeness (QED) is 0.739. The van der Waals surface area contributed by atoms with Crippen LogP contribution in [0.5, 0.6) is 0 Å². The third-order valence-electron chi connectivity index (χ3n) is 4.68. The first-order valence-corrected chi connectivity index (χ1v) is 8.30. The van der Waals surface area contributed by atoms with Gasteiger partial charge in [-0.05, 0) is 58.3 Å². The summed E-state index contributed by atoms with van der Waals surface area (Å²) >= 11 is 3.74. The van der Waals surface area contributed by atoms with Crippen molar-refractivity contribution in [2.45, 2.75) is 31.7 Å². The van der Waals surface area contributed by atoms with Crippen LogP contribution >= 0.6 is 15.9 Å². The van der Waals surface area contributed by atoms with Crippen LogP contribution in [0.25, 0.3) is 0 Å². The van der Waals surface area contributed by atoms with Crippen LogP contribution in [0.1, 0.15) is 25.7 Å². The number of likely N-dealkylation sites (tertiary alicyclic amines) is 1. The summed E-state index contributed by atoms with van der Waals surface area (Å²) in [7, 11) is 4.41. The Bertz CT molecular complexity index is 246. The van der Waals surface area contributed by atoms with E-state index < -0.39 is 0 Å². The number of alkyl halides is 1. The molecule has 2 fully saturated rings. The molecule has 0 aromatic heterocycles. The minimum atomic E-state index is 0.462. The molecule has 18 heavy (non-hydrogen) atoms. The van der Waals surface area contributed by atoms with Gasteiger partial charge in [-0.25, -0.2) is 0 Å². The number of nitrogens with zero attached hydrogens (tertiary/aromatic N) is 2. The molecule has 2 aliphatic heterocycles. The van der Waals surface area contributed by atoms with Crippen molar-refractivity contribution >= 4 is 15.9 Å². The molecule has 0 saturated carbocycles. The maximum absolute atomic E-state index is 5.52. The van der Waals surface area contributed by atoms with Crippen molar-refractivity contribution in [2.75, 3.05) is 52.3 Å². The summed E-state index contributed by atoms with van der Waals surface area (Å²) in [6, 6.07) is 0.788. The molecule has 0 aromatic carbocycles. The molecule has 4 heteroatoms. The molecule has 2 rings (SSSR count). The van der Waals surface area contributed by atoms with E-state index in [0.29, 0.717) is 5.41 Å². The summed E-state index contributed by atoms with van der Waals surface area (Å²) in [5.41, 5.74) is 0.462. The predicted molar refractivity (Wildman–Crippen MR) is 79.4 cm³/mol. The Hall–Kier alpha value is 0.360. The van der Waals surface area contributed by atoms with Crippen LogP contribution in [-0.4, -0.2) is 68.1 Å². The van der Waals surface area contributed by atoms with Crippen LogP contribution in [0.4, 0.5) is 0 Å². The van der Waals surface area contributed by atoms with Crippen LogP contribution < -0.4 is 0 Å². The number of ether oxygens (including phenoxy) is 1. The normalized spacial score (nSPS) is 26.7. The Morgan fingerprint density at radius 2 is 1.83 bits per heavy atom. The van der Waals surface area contributed by atoms with E-state index in [9.17, 15) is 0 Å². The zero-order chi connectivity index (χ0) is 13.0. The summed E-state index contributed by atoms with van der Waals surface area (Å²) < 4.78 is 5.52. The van der Waals surface area contributed by atoms with Gasteiger partial charge in [0.25, 0.3) is 0 Å². The van der Waals surface area contributed by atoms with Gasteiger partial charge in [-0.2, -0.15) is 0 Å². The number of hydrogen-bond donors (Lipinski definition) is 0. The average Bonchev–Trinajstić information content (AvgIpc) is 2.40. The Morgan fingerprint density at radius 3 is 2.33 bits per heavy atom. The van der Waals surface area contributed by atoms with E-state index in [0.717, 1.165) is 24.6 Å². The molecular weight excluding hydrogens is 292 g/mol. The largest absolute Gasteiger partial charge is 0.381 e. The summed E-state index contributed by atoms with van der Waals surface area (Å²) in [4.78, 5) is 5.05. The molecule has 0 N–H and O–H groups in total. The van der Waals surface area contributed by atoms with Crippen molar-refractivity contribution in [2.24, 2.45) is 5.41 Å². The first-order valence-electron chi connectivity index (χ1n) is 7.18. The average molecular weight is 319 g/mol. The van der Waals surface area contributed by atoms with Gasteiger partial charge >= 0.3 is 0 Å². The lowest BCUT2D eigenvalue weighted by Crippen LogP contribution is -2.48. The first kappa shape index (κ1) is 14.8. The third kappa shape index (κ3) is 3.69. The smallest absolute Gasteiger partial charge is 0.0472 e. The SMILES string of the molecule is CN(C)C1CCN(CC2(CBr)CCOCC2)CC1. The van der Waals surface area contributed by atoms with E-state index in [1.807, 2.05) is 0 Å². The van der Waals surface area contributed by atoms with Gasteiger partial charge in [-0.1, -0.05) is 15.9 Å². The molecule has 0 amide bonds. The van der Waals surface area contributed by atoms with E-state index in [4.69, 9.17) is 4.74 Å². The summed E-state index contributed by atoms with van der Waals surface area (Å²) in [6.07, 6.45) is 5.07. The number of halogens is 1. The zero-order valence-corrected chi connectivity index (χ0v) is 13.4.